The predicted octanol–water partition coefficient (Wildman–Crippen LogP) is 8.74. The van der Waals surface area contributed by atoms with Crippen molar-refractivity contribution in [2.75, 3.05) is 34.3 Å². The number of hydrogen-bond acceptors (Lipinski definition) is 4. The molecular formula is C42H63N3O3. The molecule has 4 fully saturated rings. The van der Waals surface area contributed by atoms with Crippen molar-refractivity contribution < 1.29 is 14.3 Å². The molecule has 1 aromatic rings. The average Bonchev–Trinajstić information content (AvgIpc) is 3.40. The fourth-order valence-corrected chi connectivity index (χ4v) is 13.0. The molecule has 264 valence electrons. The fraction of sp³-hybridized carbons (Fsp3) is 0.714. The topological polar surface area (TPSA) is 70.7 Å². The van der Waals surface area contributed by atoms with Gasteiger partial charge in [-0.15, -0.1) is 0 Å². The molecule has 6 rings (SSSR count). The molecule has 48 heavy (non-hydrogen) atoms. The summed E-state index contributed by atoms with van der Waals surface area (Å²) in [5, 5.41) is 6.82. The van der Waals surface area contributed by atoms with Gasteiger partial charge in [0.15, 0.2) is 0 Å². The largest absolute Gasteiger partial charge is 0.465 e. The Bertz CT molecular complexity index is 1460. The Kier molecular flexibility index (Phi) is 9.04. The number of hydrogen-bond donors (Lipinski definition) is 2. The SMILES string of the molecule is C=C(C)[C@@H]1CC[C@]2(NC(=O)NCCN(C)C)CC[C@]3(C)[C@H](CC[C@@H]4[C@@]5(C)CC=C(c6ccc(C(=O)OC)cc6)C(C)(C)[C@@H]5CC[C@]43C)[C@@H]12. The van der Waals surface area contributed by atoms with Gasteiger partial charge in [-0.05, 0) is 153 Å². The van der Waals surface area contributed by atoms with Crippen molar-refractivity contribution >= 4 is 17.6 Å². The van der Waals surface area contributed by atoms with Crippen molar-refractivity contribution in [3.05, 3.63) is 53.6 Å². The first-order valence-electron chi connectivity index (χ1n) is 18.8. The Morgan fingerprint density at radius 3 is 2.27 bits per heavy atom. The van der Waals surface area contributed by atoms with Crippen molar-refractivity contribution in [3.63, 3.8) is 0 Å². The van der Waals surface area contributed by atoms with Gasteiger partial charge < -0.3 is 20.3 Å². The maximum absolute atomic E-state index is 13.4. The number of methoxy groups -OCH3 is 1. The summed E-state index contributed by atoms with van der Waals surface area (Å²) < 4.78 is 4.96. The van der Waals surface area contributed by atoms with Crippen LogP contribution >= 0.6 is 0 Å². The number of rotatable bonds is 7. The van der Waals surface area contributed by atoms with E-state index in [4.69, 9.17) is 4.74 Å². The number of carbonyl (C=O) groups is 2. The van der Waals surface area contributed by atoms with Crippen molar-refractivity contribution in [1.82, 2.24) is 15.5 Å². The summed E-state index contributed by atoms with van der Waals surface area (Å²) in [6.07, 6.45) is 13.1. The van der Waals surface area contributed by atoms with Crippen molar-refractivity contribution in [3.8, 4) is 0 Å². The highest BCUT2D eigenvalue weighted by Gasteiger charge is 2.70. The molecule has 1 aromatic carbocycles. The van der Waals surface area contributed by atoms with E-state index in [0.717, 1.165) is 32.2 Å². The third-order valence-corrected chi connectivity index (χ3v) is 15.5. The molecule has 0 heterocycles. The number of likely N-dealkylation sites (N-methyl/N-ethyl adjacent to an activating group) is 1. The predicted molar refractivity (Wildman–Crippen MR) is 195 cm³/mol. The van der Waals surface area contributed by atoms with E-state index in [0.29, 0.717) is 41.7 Å². The number of esters is 1. The van der Waals surface area contributed by atoms with Gasteiger partial charge in [-0.25, -0.2) is 9.59 Å². The Morgan fingerprint density at radius 1 is 0.917 bits per heavy atom. The van der Waals surface area contributed by atoms with Gasteiger partial charge >= 0.3 is 12.0 Å². The third-order valence-electron chi connectivity index (χ3n) is 15.5. The first-order chi connectivity index (χ1) is 22.5. The normalized spacial score (nSPS) is 39.6. The molecule has 6 nitrogen and oxygen atoms in total. The quantitative estimate of drug-likeness (QED) is 0.227. The first-order valence-corrected chi connectivity index (χ1v) is 18.8. The summed E-state index contributed by atoms with van der Waals surface area (Å²) in [6, 6.07) is 8.07. The lowest BCUT2D eigenvalue weighted by Crippen LogP contribution is -2.68. The van der Waals surface area contributed by atoms with Crippen LogP contribution in [0.25, 0.3) is 5.57 Å². The maximum Gasteiger partial charge on any atom is 0.337 e. The van der Waals surface area contributed by atoms with Crippen LogP contribution in [-0.4, -0.2) is 56.7 Å². The van der Waals surface area contributed by atoms with Crippen LogP contribution in [0.2, 0.25) is 0 Å². The molecule has 6 heteroatoms. The van der Waals surface area contributed by atoms with Gasteiger partial charge in [0.2, 0.25) is 0 Å². The van der Waals surface area contributed by atoms with E-state index in [2.05, 4.69) is 81.9 Å². The van der Waals surface area contributed by atoms with Gasteiger partial charge in [0, 0.05) is 18.6 Å². The zero-order valence-electron chi connectivity index (χ0n) is 31.4. The molecular weight excluding hydrogens is 594 g/mol. The van der Waals surface area contributed by atoms with Gasteiger partial charge in [-0.3, -0.25) is 0 Å². The number of benzene rings is 1. The molecule has 5 aliphatic carbocycles. The van der Waals surface area contributed by atoms with E-state index < -0.39 is 0 Å². The minimum atomic E-state index is -0.284. The van der Waals surface area contributed by atoms with Gasteiger partial charge in [0.1, 0.15) is 0 Å². The molecule has 0 aromatic heterocycles. The van der Waals surface area contributed by atoms with E-state index in [-0.39, 0.29) is 39.2 Å². The molecule has 0 aliphatic heterocycles. The number of nitrogens with zero attached hydrogens (tertiary/aromatic N) is 1. The molecule has 0 bridgehead atoms. The van der Waals surface area contributed by atoms with E-state index in [1.54, 1.807) is 0 Å². The van der Waals surface area contributed by atoms with Crippen molar-refractivity contribution in [2.45, 2.75) is 105 Å². The molecule has 4 saturated carbocycles. The summed E-state index contributed by atoms with van der Waals surface area (Å²) in [5.74, 6) is 2.45. The van der Waals surface area contributed by atoms with Crippen LogP contribution in [0.5, 0.6) is 0 Å². The highest BCUT2D eigenvalue weighted by Crippen LogP contribution is 2.76. The molecule has 5 aliphatic rings. The molecule has 0 saturated heterocycles. The van der Waals surface area contributed by atoms with E-state index in [1.807, 2.05) is 26.2 Å². The average molecular weight is 658 g/mol. The van der Waals surface area contributed by atoms with E-state index in [9.17, 15) is 9.59 Å². The van der Waals surface area contributed by atoms with Gasteiger partial charge in [-0.2, -0.15) is 0 Å². The Balaban J connectivity index is 1.29. The number of amides is 2. The fourth-order valence-electron chi connectivity index (χ4n) is 13.0. The minimum absolute atomic E-state index is 0.00713. The third kappa shape index (κ3) is 5.29. The number of carbonyl (C=O) groups excluding carboxylic acids is 2. The Labute approximate surface area is 290 Å². The van der Waals surface area contributed by atoms with Crippen LogP contribution in [-0.2, 0) is 4.74 Å². The Morgan fingerprint density at radius 2 is 1.62 bits per heavy atom. The second kappa shape index (κ2) is 12.3. The lowest BCUT2D eigenvalue weighted by molar-refractivity contribution is -0.218. The van der Waals surface area contributed by atoms with Crippen LogP contribution < -0.4 is 10.6 Å². The zero-order chi connectivity index (χ0) is 34.9. The van der Waals surface area contributed by atoms with Crippen molar-refractivity contribution in [1.29, 1.82) is 0 Å². The lowest BCUT2D eigenvalue weighted by Gasteiger charge is -2.72. The van der Waals surface area contributed by atoms with E-state index >= 15 is 0 Å². The number of nitrogens with one attached hydrogen (secondary N) is 2. The summed E-state index contributed by atoms with van der Waals surface area (Å²) in [7, 11) is 5.53. The molecule has 2 amide bonds. The molecule has 0 spiro atoms. The van der Waals surface area contributed by atoms with Gasteiger partial charge in [-0.1, -0.05) is 65.0 Å². The maximum atomic E-state index is 13.4. The van der Waals surface area contributed by atoms with Crippen LogP contribution in [0, 0.1) is 51.2 Å². The summed E-state index contributed by atoms with van der Waals surface area (Å²) in [5.41, 5.74) is 5.13. The Hall–Kier alpha value is -2.60. The summed E-state index contributed by atoms with van der Waals surface area (Å²) in [6.45, 7) is 21.2. The highest BCUT2D eigenvalue weighted by molar-refractivity contribution is 5.90. The molecule has 2 N–H and O–H groups in total. The second-order valence-corrected chi connectivity index (χ2v) is 18.1. The van der Waals surface area contributed by atoms with Gasteiger partial charge in [0.25, 0.3) is 0 Å². The number of urea groups is 1. The molecule has 0 unspecified atom stereocenters. The minimum Gasteiger partial charge on any atom is -0.465 e. The summed E-state index contributed by atoms with van der Waals surface area (Å²) in [4.78, 5) is 27.6. The number of allylic oxidation sites excluding steroid dienone is 3. The van der Waals surface area contributed by atoms with Crippen LogP contribution in [0.15, 0.2) is 42.5 Å². The van der Waals surface area contributed by atoms with Crippen LogP contribution in [0.3, 0.4) is 0 Å². The van der Waals surface area contributed by atoms with Crippen LogP contribution in [0.1, 0.15) is 115 Å². The zero-order valence-corrected chi connectivity index (χ0v) is 31.4. The van der Waals surface area contributed by atoms with Gasteiger partial charge in [0.05, 0.1) is 12.7 Å². The number of ether oxygens (including phenoxy) is 1. The first kappa shape index (κ1) is 35.2. The van der Waals surface area contributed by atoms with E-state index in [1.165, 1.54) is 55.9 Å². The lowest BCUT2D eigenvalue weighted by atomic mass is 9.33. The van der Waals surface area contributed by atoms with Crippen molar-refractivity contribution in [2.24, 2.45) is 51.2 Å². The summed E-state index contributed by atoms with van der Waals surface area (Å²) >= 11 is 0. The number of fused-ring (bicyclic) bond motifs is 7. The molecule has 9 atom stereocenters. The second-order valence-electron chi connectivity index (χ2n) is 18.1. The highest BCUT2D eigenvalue weighted by atomic mass is 16.5. The molecule has 0 radical (unpaired) electrons. The van der Waals surface area contributed by atoms with Crippen LogP contribution in [0.4, 0.5) is 4.79 Å². The standard InChI is InChI=1S/C42H63N3O3/c1-27(2)30-17-22-42(44-37(47)43-25-26-45(8)9)24-23-40(6)32(35(30)42)15-16-34-39(5)20-18-31(28-11-13-29(14-12-28)36(46)48-10)38(3,4)33(39)19-21-41(34,40)7/h11-14,18,30,32-35H,1,15-17,19-26H2,2-10H3,(H2,43,44,47)/t30-,32+,33-,34+,35+,39-,40+,41+,42-/m0/s1. The smallest absolute Gasteiger partial charge is 0.337 e. The monoisotopic (exact) mass is 657 g/mol.